The smallest absolute Gasteiger partial charge is 0.224 e. The van der Waals surface area contributed by atoms with Gasteiger partial charge in [0, 0.05) is 11.1 Å². The van der Waals surface area contributed by atoms with Crippen molar-refractivity contribution in [3.05, 3.63) is 54.1 Å². The number of aliphatic hydroxyl groups is 1. The van der Waals surface area contributed by atoms with Crippen molar-refractivity contribution in [1.29, 1.82) is 5.26 Å². The first-order valence-electron chi connectivity index (χ1n) is 10.3. The zero-order valence-electron chi connectivity index (χ0n) is 17.8. The highest BCUT2D eigenvalue weighted by Crippen LogP contribution is 2.43. The molecule has 2 heterocycles. The molecule has 1 saturated carbocycles. The van der Waals surface area contributed by atoms with Crippen LogP contribution < -0.4 is 10.5 Å². The van der Waals surface area contributed by atoms with Crippen molar-refractivity contribution in [2.75, 3.05) is 12.8 Å². The highest BCUT2D eigenvalue weighted by atomic mass is 16.5. The summed E-state index contributed by atoms with van der Waals surface area (Å²) < 4.78 is 7.17. The Hall–Kier alpha value is -3.96. The summed E-state index contributed by atoms with van der Waals surface area (Å²) in [6.45, 7) is 1.79. The van der Waals surface area contributed by atoms with E-state index in [0.29, 0.717) is 47.1 Å². The van der Waals surface area contributed by atoms with Gasteiger partial charge in [-0.2, -0.15) is 15.3 Å². The number of aromatic nitrogens is 4. The molecule has 0 atom stereocenters. The van der Waals surface area contributed by atoms with Crippen LogP contribution in [0.5, 0.6) is 5.88 Å². The van der Waals surface area contributed by atoms with E-state index < -0.39 is 5.60 Å². The lowest BCUT2D eigenvalue weighted by molar-refractivity contribution is -0.0535. The number of hydrogen-bond acceptors (Lipinski definition) is 7. The lowest BCUT2D eigenvalue weighted by atomic mass is 9.77. The third-order valence-corrected chi connectivity index (χ3v) is 5.92. The Morgan fingerprint density at radius 2 is 1.91 bits per heavy atom. The van der Waals surface area contributed by atoms with Crippen LogP contribution in [0.25, 0.3) is 33.5 Å². The predicted octanol–water partition coefficient (Wildman–Crippen LogP) is 3.71. The molecule has 1 fully saturated rings. The number of nitrogens with two attached hydrogens (primary N) is 1. The molecule has 4 aromatic rings. The Morgan fingerprint density at radius 3 is 2.56 bits per heavy atom. The Labute approximate surface area is 184 Å². The first-order valence-corrected chi connectivity index (χ1v) is 10.3. The van der Waals surface area contributed by atoms with Gasteiger partial charge in [-0.15, -0.1) is 0 Å². The standard InChI is InChI=1S/C24H22N6O2/c1-24(31)11-16(12-24)30-21(26)18(13-25)20(29-30)15-8-9-17-19(10-15)27-22(28-23(17)32-2)14-6-4-3-5-7-14/h3-10,16,31H,11-12,26H2,1-2H3/t16-,24+. The molecule has 0 aliphatic heterocycles. The van der Waals surface area contributed by atoms with E-state index in [4.69, 9.17) is 15.5 Å². The molecule has 8 nitrogen and oxygen atoms in total. The number of hydrogen-bond donors (Lipinski definition) is 2. The first kappa shape index (κ1) is 20.0. The normalized spacial score (nSPS) is 20.0. The molecule has 0 saturated heterocycles. The van der Waals surface area contributed by atoms with Gasteiger partial charge in [0.05, 0.1) is 29.7 Å². The molecule has 5 rings (SSSR count). The summed E-state index contributed by atoms with van der Waals surface area (Å²) in [7, 11) is 1.58. The van der Waals surface area contributed by atoms with Crippen LogP contribution in [0, 0.1) is 11.3 Å². The van der Waals surface area contributed by atoms with Crippen molar-refractivity contribution in [3.63, 3.8) is 0 Å². The number of fused-ring (bicyclic) bond motifs is 1. The van der Waals surface area contributed by atoms with Crippen LogP contribution in [0.4, 0.5) is 5.82 Å². The fourth-order valence-electron chi connectivity index (χ4n) is 4.29. The van der Waals surface area contributed by atoms with Gasteiger partial charge in [0.15, 0.2) is 5.82 Å². The third kappa shape index (κ3) is 3.24. The van der Waals surface area contributed by atoms with Gasteiger partial charge in [-0.3, -0.25) is 0 Å². The number of nitrogen functional groups attached to an aromatic ring is 1. The molecule has 0 amide bonds. The van der Waals surface area contributed by atoms with Crippen molar-refractivity contribution in [1.82, 2.24) is 19.7 Å². The molecule has 32 heavy (non-hydrogen) atoms. The van der Waals surface area contributed by atoms with E-state index in [0.717, 1.165) is 16.5 Å². The molecular weight excluding hydrogens is 404 g/mol. The van der Waals surface area contributed by atoms with E-state index in [2.05, 4.69) is 16.2 Å². The second-order valence-electron chi connectivity index (χ2n) is 8.38. The lowest BCUT2D eigenvalue weighted by Crippen LogP contribution is -2.42. The van der Waals surface area contributed by atoms with Crippen molar-refractivity contribution < 1.29 is 9.84 Å². The fourth-order valence-corrected chi connectivity index (χ4v) is 4.29. The summed E-state index contributed by atoms with van der Waals surface area (Å²) in [5.74, 6) is 1.34. The van der Waals surface area contributed by atoms with E-state index in [1.807, 2.05) is 48.5 Å². The van der Waals surface area contributed by atoms with E-state index in [-0.39, 0.29) is 6.04 Å². The van der Waals surface area contributed by atoms with E-state index >= 15 is 0 Å². The van der Waals surface area contributed by atoms with Crippen molar-refractivity contribution >= 4 is 16.7 Å². The number of nitriles is 1. The van der Waals surface area contributed by atoms with Crippen LogP contribution in [0.2, 0.25) is 0 Å². The van der Waals surface area contributed by atoms with Gasteiger partial charge in [-0.05, 0) is 31.9 Å². The summed E-state index contributed by atoms with van der Waals surface area (Å²) in [6, 6.07) is 17.4. The van der Waals surface area contributed by atoms with Gasteiger partial charge >= 0.3 is 0 Å². The zero-order valence-corrected chi connectivity index (χ0v) is 17.8. The molecule has 160 valence electrons. The first-order chi connectivity index (χ1) is 15.4. The van der Waals surface area contributed by atoms with Gasteiger partial charge in [-0.25, -0.2) is 9.67 Å². The molecular formula is C24H22N6O2. The SMILES string of the molecule is COc1nc(-c2ccccc2)nc2cc(-c3nn([C@H]4C[C@@](C)(O)C4)c(N)c3C#N)ccc12. The van der Waals surface area contributed by atoms with Crippen LogP contribution >= 0.6 is 0 Å². The molecule has 3 N–H and O–H groups in total. The number of anilines is 1. The topological polar surface area (TPSA) is 123 Å². The number of methoxy groups -OCH3 is 1. The Balaban J connectivity index is 1.63. The van der Waals surface area contributed by atoms with Gasteiger partial charge in [0.25, 0.3) is 0 Å². The number of benzene rings is 2. The summed E-state index contributed by atoms with van der Waals surface area (Å²) in [5, 5.41) is 25.3. The maximum absolute atomic E-state index is 10.1. The van der Waals surface area contributed by atoms with Crippen molar-refractivity contribution in [2.24, 2.45) is 0 Å². The fraction of sp³-hybridized carbons (Fsp3) is 0.250. The molecule has 1 aliphatic rings. The zero-order chi connectivity index (χ0) is 22.5. The Kier molecular flexibility index (Phi) is 4.57. The second-order valence-corrected chi connectivity index (χ2v) is 8.38. The van der Waals surface area contributed by atoms with Crippen LogP contribution in [-0.4, -0.2) is 37.6 Å². The molecule has 2 aromatic heterocycles. The predicted molar refractivity (Wildman–Crippen MR) is 121 cm³/mol. The van der Waals surface area contributed by atoms with E-state index in [9.17, 15) is 10.4 Å². The minimum Gasteiger partial charge on any atom is -0.480 e. The Morgan fingerprint density at radius 1 is 1.16 bits per heavy atom. The number of nitrogens with zero attached hydrogens (tertiary/aromatic N) is 5. The van der Waals surface area contributed by atoms with Crippen molar-refractivity contribution in [3.8, 4) is 34.6 Å². The molecule has 1 aliphatic carbocycles. The summed E-state index contributed by atoms with van der Waals surface area (Å²) >= 11 is 0. The van der Waals surface area contributed by atoms with Gasteiger partial charge in [-0.1, -0.05) is 36.4 Å². The molecule has 8 heteroatoms. The van der Waals surface area contributed by atoms with Gasteiger partial charge in [0.1, 0.15) is 23.1 Å². The monoisotopic (exact) mass is 426 g/mol. The number of rotatable bonds is 4. The summed E-state index contributed by atoms with van der Waals surface area (Å²) in [5.41, 5.74) is 8.64. The molecule has 0 unspecified atom stereocenters. The Bertz CT molecular complexity index is 1360. The lowest BCUT2D eigenvalue weighted by Gasteiger charge is -2.41. The summed E-state index contributed by atoms with van der Waals surface area (Å²) in [4.78, 5) is 9.28. The van der Waals surface area contributed by atoms with Crippen LogP contribution in [0.3, 0.4) is 0 Å². The summed E-state index contributed by atoms with van der Waals surface area (Å²) in [6.07, 6.45) is 1.09. The van der Waals surface area contributed by atoms with Gasteiger partial charge < -0.3 is 15.6 Å². The maximum atomic E-state index is 10.1. The van der Waals surface area contributed by atoms with Gasteiger partial charge in [0.2, 0.25) is 5.88 Å². The third-order valence-electron chi connectivity index (χ3n) is 5.92. The average Bonchev–Trinajstić information content (AvgIpc) is 3.12. The highest BCUT2D eigenvalue weighted by molar-refractivity contribution is 5.90. The largest absolute Gasteiger partial charge is 0.480 e. The quantitative estimate of drug-likeness (QED) is 0.510. The second kappa shape index (κ2) is 7.32. The average molecular weight is 426 g/mol. The molecule has 2 aromatic carbocycles. The molecule has 0 radical (unpaired) electrons. The van der Waals surface area contributed by atoms with Crippen molar-refractivity contribution in [2.45, 2.75) is 31.4 Å². The van der Waals surface area contributed by atoms with E-state index in [1.165, 1.54) is 0 Å². The number of ether oxygens (including phenoxy) is 1. The minimum absolute atomic E-state index is 0.0293. The molecule has 0 bridgehead atoms. The maximum Gasteiger partial charge on any atom is 0.224 e. The minimum atomic E-state index is -0.722. The van der Waals surface area contributed by atoms with Crippen LogP contribution in [0.1, 0.15) is 31.4 Å². The van der Waals surface area contributed by atoms with Crippen LogP contribution in [0.15, 0.2) is 48.5 Å². The van der Waals surface area contributed by atoms with Crippen LogP contribution in [-0.2, 0) is 0 Å². The van der Waals surface area contributed by atoms with E-state index in [1.54, 1.807) is 18.7 Å². The molecule has 0 spiro atoms. The highest BCUT2D eigenvalue weighted by Gasteiger charge is 2.41.